The van der Waals surface area contributed by atoms with E-state index in [4.69, 9.17) is 5.11 Å². The van der Waals surface area contributed by atoms with Crippen molar-refractivity contribution >= 4 is 25.8 Å². The van der Waals surface area contributed by atoms with Crippen molar-refractivity contribution in [3.63, 3.8) is 0 Å². The molecule has 7 nitrogen and oxygen atoms in total. The van der Waals surface area contributed by atoms with Gasteiger partial charge in [-0.25, -0.2) is 21.6 Å². The average molecular weight is 451 g/mol. The summed E-state index contributed by atoms with van der Waals surface area (Å²) >= 11 is 0. The Morgan fingerprint density at radius 2 is 1.59 bits per heavy atom. The van der Waals surface area contributed by atoms with Crippen LogP contribution in [0.1, 0.15) is 18.4 Å². The largest absolute Gasteiger partial charge is 0.481 e. The molecule has 0 heterocycles. The van der Waals surface area contributed by atoms with Crippen molar-refractivity contribution in [2.45, 2.75) is 33.7 Å². The van der Waals surface area contributed by atoms with Gasteiger partial charge in [-0.05, 0) is 36.8 Å². The highest BCUT2D eigenvalue weighted by Crippen LogP contribution is 2.36. The van der Waals surface area contributed by atoms with E-state index >= 15 is 0 Å². The maximum absolute atomic E-state index is 13.3. The molecule has 2 aromatic rings. The van der Waals surface area contributed by atoms with Crippen molar-refractivity contribution in [2.24, 2.45) is 0 Å². The first-order valence-electron chi connectivity index (χ1n) is 8.08. The highest BCUT2D eigenvalue weighted by atomic mass is 32.2. The van der Waals surface area contributed by atoms with Crippen LogP contribution in [0.3, 0.4) is 0 Å². The topological polar surface area (TPSA) is 118 Å². The van der Waals surface area contributed by atoms with Gasteiger partial charge in [-0.2, -0.15) is 13.2 Å². The number of carboxylic acids is 1. The van der Waals surface area contributed by atoms with Crippen LogP contribution in [0.4, 0.5) is 13.2 Å². The smallest absolute Gasteiger partial charge is 0.417 e. The van der Waals surface area contributed by atoms with E-state index in [0.29, 0.717) is 18.2 Å². The molecule has 0 aliphatic rings. The molecule has 29 heavy (non-hydrogen) atoms. The number of hydrogen-bond donors (Lipinski definition) is 2. The van der Waals surface area contributed by atoms with Crippen LogP contribution >= 0.6 is 0 Å². The maximum atomic E-state index is 13.3. The van der Waals surface area contributed by atoms with Crippen molar-refractivity contribution < 1.29 is 39.9 Å². The van der Waals surface area contributed by atoms with Crippen molar-refractivity contribution in [1.82, 2.24) is 4.72 Å². The van der Waals surface area contributed by atoms with Gasteiger partial charge in [0.25, 0.3) is 0 Å². The molecule has 0 aliphatic carbocycles. The van der Waals surface area contributed by atoms with E-state index in [-0.39, 0.29) is 11.3 Å². The third-order valence-corrected chi connectivity index (χ3v) is 7.04. The monoisotopic (exact) mass is 451 g/mol. The summed E-state index contributed by atoms with van der Waals surface area (Å²) in [7, 11) is -9.02. The Bertz CT molecular complexity index is 1100. The zero-order chi connectivity index (χ0) is 21.9. The molecule has 0 amide bonds. The van der Waals surface area contributed by atoms with Gasteiger partial charge in [0.05, 0.1) is 20.2 Å². The minimum Gasteiger partial charge on any atom is -0.481 e. The minimum absolute atomic E-state index is 0.155. The normalized spacial score (nSPS) is 12.7. The van der Waals surface area contributed by atoms with Crippen LogP contribution in [0.15, 0.2) is 63.2 Å². The van der Waals surface area contributed by atoms with Crippen LogP contribution in [0.5, 0.6) is 0 Å². The molecular weight excluding hydrogens is 435 g/mol. The summed E-state index contributed by atoms with van der Waals surface area (Å²) in [5.41, 5.74) is -1.53. The fourth-order valence-electron chi connectivity index (χ4n) is 2.39. The van der Waals surface area contributed by atoms with E-state index in [0.717, 1.165) is 0 Å². The number of alkyl halides is 3. The van der Waals surface area contributed by atoms with Crippen LogP contribution < -0.4 is 4.72 Å². The SMILES string of the molecule is O=C(O)CCCNS(=O)(=O)c1cc(S(=O)(=O)c2ccccc2)ccc1C(F)(F)F. The Kier molecular flexibility index (Phi) is 6.71. The van der Waals surface area contributed by atoms with Crippen molar-refractivity contribution in [3.05, 3.63) is 54.1 Å². The van der Waals surface area contributed by atoms with Crippen molar-refractivity contribution in [1.29, 1.82) is 0 Å². The number of sulfone groups is 1. The molecule has 158 valence electrons. The van der Waals surface area contributed by atoms with Gasteiger partial charge in [-0.1, -0.05) is 18.2 Å². The van der Waals surface area contributed by atoms with Gasteiger partial charge < -0.3 is 5.11 Å². The van der Waals surface area contributed by atoms with E-state index in [9.17, 15) is 34.8 Å². The Hall–Kier alpha value is -2.44. The summed E-state index contributed by atoms with van der Waals surface area (Å²) < 4.78 is 91.9. The third kappa shape index (κ3) is 5.55. The Balaban J connectivity index is 2.52. The molecule has 0 bridgehead atoms. The summed E-state index contributed by atoms with van der Waals surface area (Å²) in [6, 6.07) is 8.36. The lowest BCUT2D eigenvalue weighted by Crippen LogP contribution is -2.28. The molecule has 0 radical (unpaired) electrons. The Morgan fingerprint density at radius 3 is 2.14 bits per heavy atom. The van der Waals surface area contributed by atoms with Crippen LogP contribution in [0.2, 0.25) is 0 Å². The number of aliphatic carboxylic acids is 1. The number of benzene rings is 2. The van der Waals surface area contributed by atoms with Gasteiger partial charge in [0, 0.05) is 13.0 Å². The summed E-state index contributed by atoms with van der Waals surface area (Å²) in [6.45, 7) is -0.429. The average Bonchev–Trinajstić information content (AvgIpc) is 2.64. The zero-order valence-corrected chi connectivity index (χ0v) is 16.3. The lowest BCUT2D eigenvalue weighted by atomic mass is 10.2. The first kappa shape index (κ1) is 22.8. The highest BCUT2D eigenvalue weighted by molar-refractivity contribution is 7.91. The minimum atomic E-state index is -5.06. The molecule has 2 N–H and O–H groups in total. The molecule has 0 fully saturated rings. The number of nitrogens with one attached hydrogen (secondary N) is 1. The fourth-order valence-corrected chi connectivity index (χ4v) is 5.09. The Labute approximate surface area is 165 Å². The van der Waals surface area contributed by atoms with E-state index in [1.165, 1.54) is 24.3 Å². The number of hydrogen-bond acceptors (Lipinski definition) is 5. The summed E-state index contributed by atoms with van der Waals surface area (Å²) in [6.07, 6.45) is -5.60. The molecule has 0 saturated heterocycles. The summed E-state index contributed by atoms with van der Waals surface area (Å²) in [5.74, 6) is -1.20. The first-order chi connectivity index (χ1) is 13.4. The van der Waals surface area contributed by atoms with Crippen LogP contribution in [-0.2, 0) is 30.8 Å². The van der Waals surface area contributed by atoms with Gasteiger partial charge in [0.15, 0.2) is 0 Å². The molecule has 0 spiro atoms. The van der Waals surface area contributed by atoms with E-state index in [1.807, 2.05) is 4.72 Å². The number of rotatable bonds is 8. The molecule has 2 aromatic carbocycles. The van der Waals surface area contributed by atoms with E-state index in [2.05, 4.69) is 0 Å². The van der Waals surface area contributed by atoms with E-state index in [1.54, 1.807) is 6.07 Å². The number of carboxylic acid groups (broad SMARTS) is 1. The Morgan fingerprint density at radius 1 is 0.966 bits per heavy atom. The standard InChI is InChI=1S/C17H16F3NO6S2/c18-17(19,20)14-9-8-13(28(24,25)12-5-2-1-3-6-12)11-15(14)29(26,27)21-10-4-7-16(22)23/h1-3,5-6,8-9,11,21H,4,7,10H2,(H,22,23). The van der Waals surface area contributed by atoms with Gasteiger partial charge >= 0.3 is 12.1 Å². The molecule has 0 aliphatic heterocycles. The molecule has 0 unspecified atom stereocenters. The zero-order valence-electron chi connectivity index (χ0n) is 14.7. The number of sulfonamides is 1. The summed E-state index contributed by atoms with van der Waals surface area (Å²) in [5, 5.41) is 8.55. The quantitative estimate of drug-likeness (QED) is 0.596. The van der Waals surface area contributed by atoms with Gasteiger partial charge in [-0.15, -0.1) is 0 Å². The number of carbonyl (C=O) groups is 1. The second-order valence-electron chi connectivity index (χ2n) is 5.87. The molecule has 0 atom stereocenters. The van der Waals surface area contributed by atoms with Crippen LogP contribution in [0.25, 0.3) is 0 Å². The van der Waals surface area contributed by atoms with Crippen LogP contribution in [0, 0.1) is 0 Å². The maximum Gasteiger partial charge on any atom is 0.417 e. The lowest BCUT2D eigenvalue weighted by molar-refractivity contribution is -0.140. The molecule has 2 rings (SSSR count). The molecule has 0 aromatic heterocycles. The van der Waals surface area contributed by atoms with Gasteiger partial charge in [0.2, 0.25) is 19.9 Å². The lowest BCUT2D eigenvalue weighted by Gasteiger charge is -2.15. The molecule has 0 saturated carbocycles. The molecular formula is C17H16F3NO6S2. The fraction of sp³-hybridized carbons (Fsp3) is 0.235. The van der Waals surface area contributed by atoms with Gasteiger partial charge in [-0.3, -0.25) is 4.79 Å². The highest BCUT2D eigenvalue weighted by Gasteiger charge is 2.38. The third-order valence-electron chi connectivity index (χ3n) is 3.77. The van der Waals surface area contributed by atoms with Gasteiger partial charge in [0.1, 0.15) is 0 Å². The second kappa shape index (κ2) is 8.51. The second-order valence-corrected chi connectivity index (χ2v) is 9.55. The number of halogens is 3. The van der Waals surface area contributed by atoms with Crippen molar-refractivity contribution in [3.8, 4) is 0 Å². The van der Waals surface area contributed by atoms with Crippen molar-refractivity contribution in [2.75, 3.05) is 6.54 Å². The first-order valence-corrected chi connectivity index (χ1v) is 11.0. The summed E-state index contributed by atoms with van der Waals surface area (Å²) in [4.78, 5) is 8.39. The molecule has 12 heteroatoms. The predicted molar refractivity (Wildman–Crippen MR) is 95.4 cm³/mol. The van der Waals surface area contributed by atoms with E-state index < -0.39 is 60.3 Å². The van der Waals surface area contributed by atoms with Crippen LogP contribution in [-0.4, -0.2) is 34.5 Å². The predicted octanol–water partition coefficient (Wildman–Crippen LogP) is 2.68.